The summed E-state index contributed by atoms with van der Waals surface area (Å²) in [6.07, 6.45) is 0.238. The topological polar surface area (TPSA) is 48.2 Å². The summed E-state index contributed by atoms with van der Waals surface area (Å²) in [6.45, 7) is 2.41. The third kappa shape index (κ3) is 1.81. The van der Waals surface area contributed by atoms with Crippen molar-refractivity contribution in [3.05, 3.63) is 3.83 Å². The van der Waals surface area contributed by atoms with Crippen molar-refractivity contribution in [2.24, 2.45) is 0 Å². The van der Waals surface area contributed by atoms with E-state index in [4.69, 9.17) is 4.74 Å². The number of ether oxygens (including phenoxy) is 1. The Bertz CT molecular complexity index is 188. The molecule has 0 atom stereocenters. The Labute approximate surface area is 65.7 Å². The first kappa shape index (κ1) is 6.79. The minimum atomic E-state index is 0.238. The van der Waals surface area contributed by atoms with Crippen molar-refractivity contribution in [3.63, 3.8) is 0 Å². The lowest BCUT2D eigenvalue weighted by Gasteiger charge is -1.88. The van der Waals surface area contributed by atoms with Crippen LogP contribution in [-0.2, 0) is 0 Å². The molecular formula is C4H5IN2O2. The van der Waals surface area contributed by atoms with Crippen molar-refractivity contribution in [1.29, 1.82) is 0 Å². The lowest BCUT2D eigenvalue weighted by molar-refractivity contribution is 0.215. The fourth-order valence-electron chi connectivity index (χ4n) is 0.375. The predicted molar refractivity (Wildman–Crippen MR) is 38.2 cm³/mol. The summed E-state index contributed by atoms with van der Waals surface area (Å²) in [6, 6.07) is 0. The SMILES string of the molecule is CCOc1nc(I)no1. The first-order valence-electron chi connectivity index (χ1n) is 2.45. The van der Waals surface area contributed by atoms with E-state index in [1.807, 2.05) is 29.5 Å². The monoisotopic (exact) mass is 240 g/mol. The van der Waals surface area contributed by atoms with E-state index in [0.29, 0.717) is 10.4 Å². The molecule has 4 nitrogen and oxygen atoms in total. The minimum Gasteiger partial charge on any atom is -0.449 e. The van der Waals surface area contributed by atoms with Crippen molar-refractivity contribution in [2.75, 3.05) is 6.61 Å². The highest BCUT2D eigenvalue weighted by Crippen LogP contribution is 2.06. The molecule has 0 radical (unpaired) electrons. The van der Waals surface area contributed by atoms with Crippen LogP contribution in [0.3, 0.4) is 0 Å². The van der Waals surface area contributed by atoms with E-state index >= 15 is 0 Å². The molecule has 9 heavy (non-hydrogen) atoms. The Morgan fingerprint density at radius 1 is 1.78 bits per heavy atom. The molecule has 0 fully saturated rings. The Morgan fingerprint density at radius 2 is 2.56 bits per heavy atom. The smallest absolute Gasteiger partial charge is 0.418 e. The second-order valence-electron chi connectivity index (χ2n) is 1.26. The third-order valence-electron chi connectivity index (χ3n) is 0.650. The van der Waals surface area contributed by atoms with Crippen LogP contribution in [0.15, 0.2) is 4.52 Å². The fraction of sp³-hybridized carbons (Fsp3) is 0.500. The molecule has 0 aliphatic carbocycles. The van der Waals surface area contributed by atoms with Crippen LogP contribution in [0.1, 0.15) is 6.92 Å². The summed E-state index contributed by atoms with van der Waals surface area (Å²) in [5.41, 5.74) is 0. The third-order valence-corrected chi connectivity index (χ3v) is 1.09. The maximum absolute atomic E-state index is 4.88. The average Bonchev–Trinajstić information content (AvgIpc) is 2.17. The number of hydrogen-bond donors (Lipinski definition) is 0. The van der Waals surface area contributed by atoms with Crippen molar-refractivity contribution < 1.29 is 9.26 Å². The maximum Gasteiger partial charge on any atom is 0.418 e. The Morgan fingerprint density at radius 3 is 3.00 bits per heavy atom. The number of hydrogen-bond acceptors (Lipinski definition) is 4. The molecule has 1 aromatic heterocycles. The standard InChI is InChI=1S/C4H5IN2O2/c1-2-8-4-6-3(5)7-9-4/h2H2,1H3. The number of nitrogens with zero attached hydrogens (tertiary/aromatic N) is 2. The van der Waals surface area contributed by atoms with Crippen LogP contribution in [0.5, 0.6) is 6.08 Å². The molecule has 0 bridgehead atoms. The van der Waals surface area contributed by atoms with Gasteiger partial charge in [-0.1, -0.05) is 0 Å². The molecule has 0 aromatic carbocycles. The van der Waals surface area contributed by atoms with E-state index in [1.54, 1.807) is 0 Å². The van der Waals surface area contributed by atoms with Crippen LogP contribution < -0.4 is 4.74 Å². The van der Waals surface area contributed by atoms with Gasteiger partial charge in [0.15, 0.2) is 0 Å². The molecule has 0 saturated carbocycles. The second kappa shape index (κ2) is 3.00. The molecule has 0 N–H and O–H groups in total. The number of halogens is 1. The van der Waals surface area contributed by atoms with Gasteiger partial charge in [0.05, 0.1) is 6.61 Å². The highest BCUT2D eigenvalue weighted by Gasteiger charge is 2.00. The zero-order valence-corrected chi connectivity index (χ0v) is 6.95. The van der Waals surface area contributed by atoms with Crippen molar-refractivity contribution in [2.45, 2.75) is 6.92 Å². The van der Waals surface area contributed by atoms with Gasteiger partial charge in [0.1, 0.15) is 0 Å². The summed E-state index contributed by atoms with van der Waals surface area (Å²) in [7, 11) is 0. The average molecular weight is 240 g/mol. The molecule has 0 aliphatic heterocycles. The molecule has 0 spiro atoms. The summed E-state index contributed by atoms with van der Waals surface area (Å²) in [5.74, 6) is 0. The maximum atomic E-state index is 4.88. The largest absolute Gasteiger partial charge is 0.449 e. The quantitative estimate of drug-likeness (QED) is 0.725. The summed E-state index contributed by atoms with van der Waals surface area (Å²) in [4.78, 5) is 3.79. The van der Waals surface area contributed by atoms with Crippen LogP contribution in [0.2, 0.25) is 0 Å². The van der Waals surface area contributed by atoms with E-state index in [0.717, 1.165) is 0 Å². The van der Waals surface area contributed by atoms with Gasteiger partial charge >= 0.3 is 6.08 Å². The van der Waals surface area contributed by atoms with Gasteiger partial charge in [0.2, 0.25) is 3.83 Å². The highest BCUT2D eigenvalue weighted by atomic mass is 127. The van der Waals surface area contributed by atoms with Crippen molar-refractivity contribution in [3.8, 4) is 6.08 Å². The molecule has 0 amide bonds. The summed E-state index contributed by atoms with van der Waals surface area (Å²) >= 11 is 1.94. The molecule has 50 valence electrons. The van der Waals surface area contributed by atoms with Crippen LogP contribution in [0.4, 0.5) is 0 Å². The van der Waals surface area contributed by atoms with E-state index in [-0.39, 0.29) is 6.08 Å². The van der Waals surface area contributed by atoms with E-state index in [2.05, 4.69) is 14.7 Å². The zero-order chi connectivity index (χ0) is 6.69. The molecule has 1 rings (SSSR count). The van der Waals surface area contributed by atoms with Gasteiger partial charge in [-0.3, -0.25) is 4.52 Å². The first-order valence-corrected chi connectivity index (χ1v) is 3.53. The number of rotatable bonds is 2. The molecule has 1 aromatic rings. The Kier molecular flexibility index (Phi) is 2.26. The Balaban J connectivity index is 2.61. The number of aromatic nitrogens is 2. The predicted octanol–water partition coefficient (Wildman–Crippen LogP) is 1.07. The van der Waals surface area contributed by atoms with E-state index < -0.39 is 0 Å². The molecule has 0 unspecified atom stereocenters. The Hall–Kier alpha value is -0.330. The molecule has 0 aliphatic rings. The van der Waals surface area contributed by atoms with Crippen LogP contribution >= 0.6 is 22.6 Å². The first-order chi connectivity index (χ1) is 4.33. The van der Waals surface area contributed by atoms with Gasteiger partial charge in [-0.15, -0.1) is 4.98 Å². The lowest BCUT2D eigenvalue weighted by Crippen LogP contribution is -1.90. The van der Waals surface area contributed by atoms with Gasteiger partial charge < -0.3 is 4.74 Å². The lowest BCUT2D eigenvalue weighted by atomic mass is 10.9. The van der Waals surface area contributed by atoms with Gasteiger partial charge in [0.25, 0.3) is 0 Å². The second-order valence-corrected chi connectivity index (χ2v) is 2.23. The van der Waals surface area contributed by atoms with Gasteiger partial charge in [0, 0.05) is 22.6 Å². The van der Waals surface area contributed by atoms with E-state index in [9.17, 15) is 0 Å². The molecule has 1 heterocycles. The van der Waals surface area contributed by atoms with Gasteiger partial charge in [-0.05, 0) is 12.1 Å². The van der Waals surface area contributed by atoms with Gasteiger partial charge in [-0.25, -0.2) is 0 Å². The summed E-state index contributed by atoms with van der Waals surface area (Å²) in [5, 5.41) is 3.51. The van der Waals surface area contributed by atoms with Crippen LogP contribution in [0.25, 0.3) is 0 Å². The van der Waals surface area contributed by atoms with E-state index in [1.165, 1.54) is 0 Å². The van der Waals surface area contributed by atoms with Crippen molar-refractivity contribution in [1.82, 2.24) is 10.1 Å². The molecule has 0 saturated heterocycles. The molecule has 5 heteroatoms. The summed E-state index contributed by atoms with van der Waals surface area (Å²) < 4.78 is 10.1. The zero-order valence-electron chi connectivity index (χ0n) is 4.80. The van der Waals surface area contributed by atoms with Gasteiger partial charge in [-0.2, -0.15) is 0 Å². The van der Waals surface area contributed by atoms with Crippen LogP contribution in [0, 0.1) is 3.83 Å². The van der Waals surface area contributed by atoms with Crippen molar-refractivity contribution >= 4 is 22.6 Å². The van der Waals surface area contributed by atoms with Crippen LogP contribution in [-0.4, -0.2) is 16.7 Å². The fourth-order valence-corrected chi connectivity index (χ4v) is 0.670. The molecular weight excluding hydrogens is 235 g/mol. The normalized spacial score (nSPS) is 9.56. The minimum absolute atomic E-state index is 0.238. The highest BCUT2D eigenvalue weighted by molar-refractivity contribution is 14.1.